The van der Waals surface area contributed by atoms with Crippen molar-refractivity contribution in [1.82, 2.24) is 25.3 Å². The third-order valence-corrected chi connectivity index (χ3v) is 6.76. The van der Waals surface area contributed by atoms with Crippen molar-refractivity contribution in [3.05, 3.63) is 70.8 Å². The Kier molecular flexibility index (Phi) is 8.83. The molecule has 3 aromatic rings. The summed E-state index contributed by atoms with van der Waals surface area (Å²) in [7, 11) is 0. The van der Waals surface area contributed by atoms with Gasteiger partial charge < -0.3 is 10.6 Å². The monoisotopic (exact) mass is 519 g/mol. The number of amides is 2. The number of carbonyl (C=O) groups is 3. The Morgan fingerprint density at radius 3 is 2.50 bits per heavy atom. The molecule has 0 unspecified atom stereocenters. The standard InChI is InChI=1S/C28H33N5O5/c1-18(2)16-23(24(34)17-33-25(32-38-28(33)37)22-14-8-9-15-29-22)31-27(36)20-12-6-7-13-21(20)30-26(35)19-10-4-3-5-11-19/h3-5,8-11,14-15,18,20-21,23H,6-7,12-13,16-17H2,1-2H3,(H,30,35)(H,31,36)/t20-,21+,23-/m0/s1. The van der Waals surface area contributed by atoms with Gasteiger partial charge in [0, 0.05) is 17.8 Å². The Bertz CT molecular complexity index is 1300. The number of ketones is 1. The van der Waals surface area contributed by atoms with E-state index in [9.17, 15) is 19.2 Å². The fourth-order valence-electron chi connectivity index (χ4n) is 4.83. The number of hydrogen-bond donors (Lipinski definition) is 2. The van der Waals surface area contributed by atoms with E-state index in [-0.39, 0.29) is 41.9 Å². The van der Waals surface area contributed by atoms with Gasteiger partial charge in [-0.3, -0.25) is 23.9 Å². The maximum absolute atomic E-state index is 13.5. The number of pyridine rings is 1. The molecule has 1 aromatic carbocycles. The SMILES string of the molecule is CC(C)C[C@H](NC(=O)[C@H]1CCCC[C@H]1NC(=O)c1ccccc1)C(=O)Cn1c(-c2ccccn2)noc1=O. The van der Waals surface area contributed by atoms with Crippen LogP contribution in [0, 0.1) is 11.8 Å². The first-order valence-electron chi connectivity index (χ1n) is 13.0. The summed E-state index contributed by atoms with van der Waals surface area (Å²) < 4.78 is 5.95. The highest BCUT2D eigenvalue weighted by Crippen LogP contribution is 2.26. The maximum atomic E-state index is 13.5. The van der Waals surface area contributed by atoms with Crippen LogP contribution < -0.4 is 16.4 Å². The molecule has 1 aliphatic carbocycles. The van der Waals surface area contributed by atoms with E-state index in [0.29, 0.717) is 30.5 Å². The first kappa shape index (κ1) is 27.0. The Morgan fingerprint density at radius 1 is 1.05 bits per heavy atom. The van der Waals surface area contributed by atoms with E-state index in [1.165, 1.54) is 0 Å². The van der Waals surface area contributed by atoms with Crippen LogP contribution in [0.25, 0.3) is 11.5 Å². The molecule has 38 heavy (non-hydrogen) atoms. The van der Waals surface area contributed by atoms with E-state index in [4.69, 9.17) is 4.52 Å². The Balaban J connectivity index is 1.48. The highest BCUT2D eigenvalue weighted by Gasteiger charge is 2.34. The van der Waals surface area contributed by atoms with Crippen LogP contribution in [0.4, 0.5) is 0 Å². The highest BCUT2D eigenvalue weighted by atomic mass is 16.5. The summed E-state index contributed by atoms with van der Waals surface area (Å²) in [6.45, 7) is 3.60. The topological polar surface area (TPSA) is 136 Å². The Hall–Kier alpha value is -4.08. The van der Waals surface area contributed by atoms with Gasteiger partial charge in [0.25, 0.3) is 5.91 Å². The fourth-order valence-corrected chi connectivity index (χ4v) is 4.83. The van der Waals surface area contributed by atoms with Crippen molar-refractivity contribution in [3.63, 3.8) is 0 Å². The predicted octanol–water partition coefficient (Wildman–Crippen LogP) is 2.99. The molecule has 2 N–H and O–H groups in total. The second-order valence-electron chi connectivity index (χ2n) is 10.1. The van der Waals surface area contributed by atoms with Gasteiger partial charge in [-0.25, -0.2) is 9.36 Å². The molecule has 10 heteroatoms. The van der Waals surface area contributed by atoms with Crippen LogP contribution in [0.15, 0.2) is 64.0 Å². The Labute approximate surface area is 220 Å². The molecule has 3 atom stereocenters. The van der Waals surface area contributed by atoms with Gasteiger partial charge in [0.15, 0.2) is 5.78 Å². The van der Waals surface area contributed by atoms with Crippen LogP contribution >= 0.6 is 0 Å². The molecule has 1 aliphatic rings. The van der Waals surface area contributed by atoms with E-state index in [1.807, 2.05) is 19.9 Å². The molecule has 0 spiro atoms. The second kappa shape index (κ2) is 12.4. The van der Waals surface area contributed by atoms with Crippen molar-refractivity contribution in [3.8, 4) is 11.5 Å². The molecule has 200 valence electrons. The van der Waals surface area contributed by atoms with Gasteiger partial charge in [-0.2, -0.15) is 0 Å². The number of nitrogens with one attached hydrogen (secondary N) is 2. The number of rotatable bonds is 10. The zero-order chi connectivity index (χ0) is 27.1. The number of benzene rings is 1. The minimum atomic E-state index is -0.812. The second-order valence-corrected chi connectivity index (χ2v) is 10.1. The molecule has 2 amide bonds. The Morgan fingerprint density at radius 2 is 1.79 bits per heavy atom. The zero-order valence-corrected chi connectivity index (χ0v) is 21.6. The number of nitrogens with zero attached hydrogens (tertiary/aromatic N) is 3. The van der Waals surface area contributed by atoms with E-state index < -0.39 is 17.7 Å². The summed E-state index contributed by atoms with van der Waals surface area (Å²) in [6.07, 6.45) is 5.02. The lowest BCUT2D eigenvalue weighted by Gasteiger charge is -2.32. The minimum Gasteiger partial charge on any atom is -0.349 e. The molecular weight excluding hydrogens is 486 g/mol. The summed E-state index contributed by atoms with van der Waals surface area (Å²) in [5.41, 5.74) is 0.933. The van der Waals surface area contributed by atoms with Crippen molar-refractivity contribution in [2.45, 2.75) is 64.6 Å². The molecule has 10 nitrogen and oxygen atoms in total. The summed E-state index contributed by atoms with van der Waals surface area (Å²) >= 11 is 0. The molecule has 0 aliphatic heterocycles. The number of Topliss-reactive ketones (excluding diaryl/α,β-unsaturated/α-hetero) is 1. The fraction of sp³-hybridized carbons (Fsp3) is 0.429. The van der Waals surface area contributed by atoms with Gasteiger partial charge in [-0.05, 0) is 49.4 Å². The third-order valence-electron chi connectivity index (χ3n) is 6.76. The van der Waals surface area contributed by atoms with Crippen molar-refractivity contribution in [1.29, 1.82) is 0 Å². The zero-order valence-electron chi connectivity index (χ0n) is 21.6. The average molecular weight is 520 g/mol. The van der Waals surface area contributed by atoms with E-state index in [0.717, 1.165) is 17.4 Å². The van der Waals surface area contributed by atoms with Crippen molar-refractivity contribution >= 4 is 17.6 Å². The van der Waals surface area contributed by atoms with Gasteiger partial charge in [0.2, 0.25) is 11.7 Å². The van der Waals surface area contributed by atoms with E-state index in [1.54, 1.807) is 48.7 Å². The molecule has 2 heterocycles. The van der Waals surface area contributed by atoms with Crippen LogP contribution in [-0.2, 0) is 16.1 Å². The number of carbonyl (C=O) groups excluding carboxylic acids is 3. The highest BCUT2D eigenvalue weighted by molar-refractivity contribution is 5.95. The largest absolute Gasteiger partial charge is 0.442 e. The van der Waals surface area contributed by atoms with Gasteiger partial charge in [0.1, 0.15) is 5.69 Å². The van der Waals surface area contributed by atoms with Crippen LogP contribution in [0.1, 0.15) is 56.3 Å². The molecule has 4 rings (SSSR count). The van der Waals surface area contributed by atoms with Crippen molar-refractivity contribution in [2.75, 3.05) is 0 Å². The molecule has 2 aromatic heterocycles. The lowest BCUT2D eigenvalue weighted by Crippen LogP contribution is -2.52. The van der Waals surface area contributed by atoms with Crippen LogP contribution in [-0.4, -0.2) is 44.4 Å². The maximum Gasteiger partial charge on any atom is 0.442 e. The first-order valence-corrected chi connectivity index (χ1v) is 13.0. The summed E-state index contributed by atoms with van der Waals surface area (Å²) in [5.74, 6) is -1.81. The number of aromatic nitrogens is 3. The molecular formula is C28H33N5O5. The minimum absolute atomic E-state index is 0.110. The lowest BCUT2D eigenvalue weighted by molar-refractivity contribution is -0.132. The van der Waals surface area contributed by atoms with Gasteiger partial charge in [0.05, 0.1) is 18.5 Å². The molecule has 0 saturated heterocycles. The van der Waals surface area contributed by atoms with Crippen LogP contribution in [0.2, 0.25) is 0 Å². The predicted molar refractivity (Wildman–Crippen MR) is 140 cm³/mol. The van der Waals surface area contributed by atoms with E-state index >= 15 is 0 Å². The van der Waals surface area contributed by atoms with Crippen molar-refractivity contribution < 1.29 is 18.9 Å². The quantitative estimate of drug-likeness (QED) is 0.420. The average Bonchev–Trinajstić information content (AvgIpc) is 3.28. The smallest absolute Gasteiger partial charge is 0.349 e. The number of hydrogen-bond acceptors (Lipinski definition) is 7. The summed E-state index contributed by atoms with van der Waals surface area (Å²) in [4.78, 5) is 56.2. The lowest BCUT2D eigenvalue weighted by atomic mass is 9.83. The van der Waals surface area contributed by atoms with E-state index in [2.05, 4.69) is 20.8 Å². The van der Waals surface area contributed by atoms with Gasteiger partial charge in [-0.1, -0.05) is 56.1 Å². The van der Waals surface area contributed by atoms with Crippen LogP contribution in [0.5, 0.6) is 0 Å². The summed E-state index contributed by atoms with van der Waals surface area (Å²) in [5, 5.41) is 9.74. The first-order chi connectivity index (χ1) is 18.3. The van der Waals surface area contributed by atoms with Crippen molar-refractivity contribution in [2.24, 2.45) is 11.8 Å². The molecule has 1 saturated carbocycles. The van der Waals surface area contributed by atoms with Gasteiger partial charge >= 0.3 is 5.76 Å². The van der Waals surface area contributed by atoms with Crippen LogP contribution in [0.3, 0.4) is 0 Å². The summed E-state index contributed by atoms with van der Waals surface area (Å²) in [6, 6.07) is 12.9. The molecule has 0 radical (unpaired) electrons. The normalized spacial score (nSPS) is 18.1. The molecule has 0 bridgehead atoms. The van der Waals surface area contributed by atoms with Gasteiger partial charge in [-0.15, -0.1) is 0 Å². The third kappa shape index (κ3) is 6.62. The molecule has 1 fully saturated rings.